The second-order valence-electron chi connectivity index (χ2n) is 15.0. The monoisotopic (exact) mass is 598 g/mol. The Morgan fingerprint density at radius 3 is 2.26 bits per heavy atom. The number of unbranched alkanes of at least 4 members (excludes halogenated alkanes) is 1. The van der Waals surface area contributed by atoms with Crippen LogP contribution in [0, 0.1) is 77.9 Å². The van der Waals surface area contributed by atoms with Crippen molar-refractivity contribution in [2.45, 2.75) is 124 Å². The Morgan fingerprint density at radius 2 is 1.56 bits per heavy atom. The van der Waals surface area contributed by atoms with Gasteiger partial charge in [0.15, 0.2) is 0 Å². The highest BCUT2D eigenvalue weighted by atomic mass is 16.3. The van der Waals surface area contributed by atoms with Gasteiger partial charge in [0.1, 0.15) is 5.78 Å². The van der Waals surface area contributed by atoms with Gasteiger partial charge in [-0.25, -0.2) is 0 Å². The maximum absolute atomic E-state index is 12.4. The first kappa shape index (κ1) is 37.8. The molecule has 0 aliphatic heterocycles. The van der Waals surface area contributed by atoms with E-state index in [9.17, 15) is 9.90 Å². The highest BCUT2D eigenvalue weighted by molar-refractivity contribution is 5.80. The molecule has 5 heteroatoms. The molecule has 0 aromatic carbocycles. The highest BCUT2D eigenvalue weighted by Gasteiger charge is 2.60. The van der Waals surface area contributed by atoms with Gasteiger partial charge in [-0.3, -0.25) is 4.79 Å². The minimum absolute atomic E-state index is 0.0104. The quantitative estimate of drug-likeness (QED) is 0.129. The lowest BCUT2D eigenvalue weighted by Crippen LogP contribution is -2.55. The van der Waals surface area contributed by atoms with Gasteiger partial charge in [0.2, 0.25) is 0 Å². The summed E-state index contributed by atoms with van der Waals surface area (Å²) in [7, 11) is 0. The van der Waals surface area contributed by atoms with E-state index in [0.717, 1.165) is 74.7 Å². The van der Waals surface area contributed by atoms with E-state index in [1.165, 1.54) is 70.6 Å². The van der Waals surface area contributed by atoms with Crippen LogP contribution in [-0.2, 0) is 4.79 Å². The van der Waals surface area contributed by atoms with Crippen LogP contribution in [0.1, 0.15) is 118 Å². The molecule has 4 aliphatic rings. The summed E-state index contributed by atoms with van der Waals surface area (Å²) < 4.78 is 0. The first-order valence-corrected chi connectivity index (χ1v) is 17.7. The molecule has 4 aliphatic carbocycles. The number of fused-ring (bicyclic) bond motifs is 5. The van der Waals surface area contributed by atoms with Crippen molar-refractivity contribution in [1.29, 1.82) is 0 Å². The van der Waals surface area contributed by atoms with E-state index in [2.05, 4.69) is 57.1 Å². The molecule has 0 heterocycles. The predicted molar refractivity (Wildman–Crippen MR) is 182 cm³/mol. The van der Waals surface area contributed by atoms with Crippen LogP contribution in [-0.4, -0.2) is 49.7 Å². The molecule has 4 rings (SSSR count). The normalized spacial score (nSPS) is 35.9. The first-order valence-electron chi connectivity index (χ1n) is 17.7. The van der Waals surface area contributed by atoms with Crippen molar-refractivity contribution in [3.8, 4) is 25.7 Å². The van der Waals surface area contributed by atoms with Crippen molar-refractivity contribution in [1.82, 2.24) is 10.6 Å². The molecule has 0 bridgehead atoms. The molecule has 7 unspecified atom stereocenters. The van der Waals surface area contributed by atoms with E-state index < -0.39 is 0 Å². The molecular formula is C38H67N3O2. The van der Waals surface area contributed by atoms with Crippen molar-refractivity contribution in [2.75, 3.05) is 32.8 Å². The molecule has 0 amide bonds. The zero-order valence-electron chi connectivity index (χ0n) is 28.3. The van der Waals surface area contributed by atoms with Crippen LogP contribution in [0.2, 0.25) is 0 Å². The molecule has 246 valence electrons. The minimum atomic E-state index is -0.200. The van der Waals surface area contributed by atoms with Gasteiger partial charge in [0.05, 0.1) is 6.61 Å². The molecule has 4 saturated carbocycles. The zero-order valence-corrected chi connectivity index (χ0v) is 28.3. The number of hydrogen-bond donors (Lipinski definition) is 4. The van der Waals surface area contributed by atoms with Crippen molar-refractivity contribution >= 4 is 5.78 Å². The molecule has 5 nitrogen and oxygen atoms in total. The number of carbonyl (C=O) groups is 1. The largest absolute Gasteiger partial charge is 0.396 e. The van der Waals surface area contributed by atoms with E-state index >= 15 is 0 Å². The Kier molecular flexibility index (Phi) is 16.3. The van der Waals surface area contributed by atoms with Gasteiger partial charge < -0.3 is 21.5 Å². The van der Waals surface area contributed by atoms with Crippen molar-refractivity contribution in [3.05, 3.63) is 0 Å². The second kappa shape index (κ2) is 18.6. The fraction of sp³-hybridized carbons (Fsp3) is 0.868. The number of aliphatic hydroxyl groups is 1. The number of nitrogens with two attached hydrogens (primary N) is 1. The Hall–Kier alpha value is -1.37. The lowest BCUT2D eigenvalue weighted by molar-refractivity contribution is -0.125. The average Bonchev–Trinajstić information content (AvgIpc) is 3.39. The van der Waals surface area contributed by atoms with Crippen LogP contribution in [0.3, 0.4) is 0 Å². The molecule has 0 aromatic rings. The van der Waals surface area contributed by atoms with Crippen molar-refractivity contribution in [3.63, 3.8) is 0 Å². The summed E-state index contributed by atoms with van der Waals surface area (Å²) in [5.41, 5.74) is 6.60. The molecule has 0 saturated heterocycles. The number of hydrogen-bond acceptors (Lipinski definition) is 5. The molecule has 43 heavy (non-hydrogen) atoms. The summed E-state index contributed by atoms with van der Waals surface area (Å²) in [5.74, 6) is 5.07. The van der Waals surface area contributed by atoms with Crippen LogP contribution in [0.5, 0.6) is 0 Å². The molecule has 0 aromatic heterocycles. The number of rotatable bonds is 15. The third-order valence-corrected chi connectivity index (χ3v) is 12.9. The number of Topliss-reactive ketones (excluding diaryl/α,β-unsaturated/α-hetero) is 1. The lowest BCUT2D eigenvalue weighted by Gasteiger charge is -2.61. The number of terminal acetylenes is 2. The summed E-state index contributed by atoms with van der Waals surface area (Å²) in [6.07, 6.45) is 33.9. The van der Waals surface area contributed by atoms with E-state index in [1.54, 1.807) is 0 Å². The van der Waals surface area contributed by atoms with E-state index in [1.807, 2.05) is 6.92 Å². The third-order valence-electron chi connectivity index (χ3n) is 12.9. The Morgan fingerprint density at radius 1 is 0.884 bits per heavy atom. The summed E-state index contributed by atoms with van der Waals surface area (Å²) in [4.78, 5) is 12.4. The Balaban J connectivity index is 0.00000155. The van der Waals surface area contributed by atoms with Crippen LogP contribution >= 0.6 is 0 Å². The number of ketones is 1. The van der Waals surface area contributed by atoms with Gasteiger partial charge >= 0.3 is 0 Å². The number of aliphatic hydroxyl groups excluding tert-OH is 1. The first-order chi connectivity index (χ1) is 20.7. The zero-order chi connectivity index (χ0) is 32.0. The van der Waals surface area contributed by atoms with E-state index in [-0.39, 0.29) is 18.3 Å². The van der Waals surface area contributed by atoms with Crippen LogP contribution in [0.25, 0.3) is 0 Å². The third kappa shape index (κ3) is 9.10. The Bertz CT molecular complexity index is 851. The van der Waals surface area contributed by atoms with E-state index in [4.69, 9.17) is 5.73 Å². The van der Waals surface area contributed by atoms with Crippen LogP contribution in [0.4, 0.5) is 0 Å². The van der Waals surface area contributed by atoms with Gasteiger partial charge in [-0.05, 0) is 156 Å². The smallest absolute Gasteiger partial charge is 0.137 e. The number of carbonyl (C=O) groups excluding carboxylic acids is 1. The Labute approximate surface area is 266 Å². The van der Waals surface area contributed by atoms with Crippen molar-refractivity contribution in [2.24, 2.45) is 58.0 Å². The average molecular weight is 598 g/mol. The van der Waals surface area contributed by atoms with Gasteiger partial charge in [-0.15, -0.1) is 25.7 Å². The lowest BCUT2D eigenvalue weighted by atomic mass is 9.44. The highest BCUT2D eigenvalue weighted by Crippen LogP contribution is 2.68. The second-order valence-corrected chi connectivity index (χ2v) is 15.0. The van der Waals surface area contributed by atoms with Gasteiger partial charge in [-0.1, -0.05) is 27.7 Å². The fourth-order valence-electron chi connectivity index (χ4n) is 10.4. The maximum atomic E-state index is 12.4. The predicted octanol–water partition coefficient (Wildman–Crippen LogP) is 6.43. The van der Waals surface area contributed by atoms with Gasteiger partial charge in [0.25, 0.3) is 0 Å². The molecular weight excluding hydrogens is 530 g/mol. The van der Waals surface area contributed by atoms with Gasteiger partial charge in [0, 0.05) is 18.4 Å². The van der Waals surface area contributed by atoms with Crippen LogP contribution in [0.15, 0.2) is 0 Å². The maximum Gasteiger partial charge on any atom is 0.137 e. The van der Waals surface area contributed by atoms with Crippen LogP contribution < -0.4 is 16.4 Å². The fourth-order valence-corrected chi connectivity index (χ4v) is 10.4. The van der Waals surface area contributed by atoms with Crippen molar-refractivity contribution < 1.29 is 9.90 Å². The summed E-state index contributed by atoms with van der Waals surface area (Å²) in [6.45, 7) is 13.8. The summed E-state index contributed by atoms with van der Waals surface area (Å²) in [5, 5.41) is 16.9. The molecule has 10 atom stereocenters. The molecule has 0 spiro atoms. The standard InChI is InChI=1S/C34H63N3O2.2C2H2/c1-24(8-13-32(39)25(2)23-38)29-11-12-30-28-10-9-26-22-27(37-21-7-20-36-19-6-5-18-35)14-16-33(26,3)31(28)15-17-34(29,30)4;2*1-2/h24-31,36-38H,5-23,35H2,1-4H3;2*1-2H/t24?,25?,26?,27-,28?,29?,30?,31?,33-,34+;;/m0../s1. The minimum Gasteiger partial charge on any atom is -0.396 e. The SMILES string of the molecule is C#C.C#C.CC(CO)C(=O)CCC(C)C1CCC2C3CCC4C[C@@H](NCCCNCCCCN)CC[C@]4(C)C3CC[C@]12C. The van der Waals surface area contributed by atoms with E-state index in [0.29, 0.717) is 23.2 Å². The van der Waals surface area contributed by atoms with Gasteiger partial charge in [-0.2, -0.15) is 0 Å². The number of nitrogens with one attached hydrogen (secondary N) is 2. The molecule has 5 N–H and O–H groups in total. The molecule has 0 radical (unpaired) electrons. The summed E-state index contributed by atoms with van der Waals surface area (Å²) in [6, 6.07) is 0.721. The summed E-state index contributed by atoms with van der Waals surface area (Å²) >= 11 is 0. The topological polar surface area (TPSA) is 87.4 Å². The molecule has 4 fully saturated rings.